The first-order valence-corrected chi connectivity index (χ1v) is 11.5. The lowest BCUT2D eigenvalue weighted by Crippen LogP contribution is -2.31. The zero-order chi connectivity index (χ0) is 24.6. The van der Waals surface area contributed by atoms with E-state index in [1.54, 1.807) is 20.3 Å². The largest absolute Gasteiger partial charge is 0.488 e. The minimum absolute atomic E-state index is 0.0918. The Bertz CT molecular complexity index is 1070. The average Bonchev–Trinajstić information content (AvgIpc) is 3.27. The van der Waals surface area contributed by atoms with Gasteiger partial charge in [0.2, 0.25) is 5.95 Å². The number of aromatic nitrogens is 2. The molecule has 10 heteroatoms. The maximum absolute atomic E-state index is 6.19. The number of hydrogen-bond acceptors (Lipinski definition) is 9. The van der Waals surface area contributed by atoms with E-state index in [2.05, 4.69) is 14.9 Å². The lowest BCUT2D eigenvalue weighted by molar-refractivity contribution is -0.139. The topological polar surface area (TPSA) is 101 Å². The van der Waals surface area contributed by atoms with Crippen LogP contribution in [-0.4, -0.2) is 63.1 Å². The fraction of sp³-hybridized carbons (Fsp3) is 0.360. The minimum atomic E-state index is -0.174. The smallest absolute Gasteiger partial charge is 0.221 e. The van der Waals surface area contributed by atoms with E-state index in [1.165, 1.54) is 0 Å². The molecule has 2 atom stereocenters. The third-order valence-electron chi connectivity index (χ3n) is 5.57. The highest BCUT2D eigenvalue weighted by Crippen LogP contribution is 2.36. The number of nitrogens with two attached hydrogens (primary N) is 1. The van der Waals surface area contributed by atoms with Crippen molar-refractivity contribution in [1.82, 2.24) is 9.97 Å². The van der Waals surface area contributed by atoms with Crippen LogP contribution in [0.25, 0.3) is 11.3 Å². The third kappa shape index (κ3) is 6.59. The Morgan fingerprint density at radius 3 is 2.26 bits per heavy atom. The van der Waals surface area contributed by atoms with Crippen molar-refractivity contribution in [2.24, 2.45) is 0 Å². The highest BCUT2D eigenvalue weighted by Gasteiger charge is 2.35. The Kier molecular flexibility index (Phi) is 8.73. The number of nitrogen functional groups attached to an aromatic ring is 1. The van der Waals surface area contributed by atoms with Crippen LogP contribution in [0.15, 0.2) is 54.6 Å². The zero-order valence-electron chi connectivity index (χ0n) is 19.7. The Morgan fingerprint density at radius 1 is 0.943 bits per heavy atom. The first-order chi connectivity index (χ1) is 17.1. The molecular formula is C25H29ClN4O5. The van der Waals surface area contributed by atoms with E-state index in [1.807, 2.05) is 48.5 Å². The van der Waals surface area contributed by atoms with E-state index >= 15 is 0 Å². The molecule has 2 N–H and O–H groups in total. The van der Waals surface area contributed by atoms with Gasteiger partial charge < -0.3 is 34.3 Å². The van der Waals surface area contributed by atoms with E-state index in [0.29, 0.717) is 31.1 Å². The van der Waals surface area contributed by atoms with Gasteiger partial charge in [-0.05, 0) is 23.8 Å². The van der Waals surface area contributed by atoms with Crippen molar-refractivity contribution >= 4 is 23.2 Å². The SMILES string of the molecule is COCO[C@H]1CN(c2ccc(OCc3ccccc3)c(-c3cc(Cl)nc(N)n3)c2)C[C@@H]1OCOC. The normalized spacial score (nSPS) is 17.6. The Balaban J connectivity index is 1.63. The van der Waals surface area contributed by atoms with Crippen molar-refractivity contribution in [3.8, 4) is 17.0 Å². The number of hydrogen-bond donors (Lipinski definition) is 1. The summed E-state index contributed by atoms with van der Waals surface area (Å²) < 4.78 is 28.1. The summed E-state index contributed by atoms with van der Waals surface area (Å²) in [5.41, 5.74) is 9.22. The zero-order valence-corrected chi connectivity index (χ0v) is 20.5. The summed E-state index contributed by atoms with van der Waals surface area (Å²) >= 11 is 6.19. The lowest BCUT2D eigenvalue weighted by atomic mass is 10.1. The molecule has 0 amide bonds. The van der Waals surface area contributed by atoms with Gasteiger partial charge in [-0.25, -0.2) is 9.97 Å². The van der Waals surface area contributed by atoms with Gasteiger partial charge in [0.25, 0.3) is 0 Å². The van der Waals surface area contributed by atoms with Crippen molar-refractivity contribution < 1.29 is 23.7 Å². The fourth-order valence-electron chi connectivity index (χ4n) is 3.94. The molecule has 1 aromatic heterocycles. The van der Waals surface area contributed by atoms with Crippen molar-refractivity contribution in [3.05, 3.63) is 65.3 Å². The number of benzene rings is 2. The van der Waals surface area contributed by atoms with Crippen LogP contribution in [-0.2, 0) is 25.6 Å². The molecule has 2 heterocycles. The average molecular weight is 501 g/mol. The van der Waals surface area contributed by atoms with E-state index in [0.717, 1.165) is 16.8 Å². The van der Waals surface area contributed by atoms with Gasteiger partial charge >= 0.3 is 0 Å². The molecule has 9 nitrogen and oxygen atoms in total. The van der Waals surface area contributed by atoms with Gasteiger partial charge in [0.05, 0.1) is 5.69 Å². The molecule has 4 rings (SSSR count). The van der Waals surface area contributed by atoms with Gasteiger partial charge in [0.1, 0.15) is 43.3 Å². The highest BCUT2D eigenvalue weighted by molar-refractivity contribution is 6.29. The Hall–Kier alpha value is -2.95. The van der Waals surface area contributed by atoms with Crippen LogP contribution in [0.3, 0.4) is 0 Å². The summed E-state index contributed by atoms with van der Waals surface area (Å²) in [4.78, 5) is 10.6. The molecule has 1 fully saturated rings. The molecule has 0 aliphatic carbocycles. The highest BCUT2D eigenvalue weighted by atomic mass is 35.5. The van der Waals surface area contributed by atoms with Crippen LogP contribution < -0.4 is 15.4 Å². The van der Waals surface area contributed by atoms with Crippen molar-refractivity contribution in [3.63, 3.8) is 0 Å². The molecule has 35 heavy (non-hydrogen) atoms. The molecular weight excluding hydrogens is 472 g/mol. The summed E-state index contributed by atoms with van der Waals surface area (Å²) in [6.45, 7) is 2.01. The first kappa shape index (κ1) is 25.2. The third-order valence-corrected chi connectivity index (χ3v) is 5.76. The maximum atomic E-state index is 6.19. The molecule has 1 aliphatic heterocycles. The molecule has 1 saturated heterocycles. The summed E-state index contributed by atoms with van der Waals surface area (Å²) in [5, 5.41) is 0.258. The molecule has 0 bridgehead atoms. The number of ether oxygens (including phenoxy) is 5. The second kappa shape index (κ2) is 12.1. The minimum Gasteiger partial charge on any atom is -0.488 e. The molecule has 0 spiro atoms. The number of methoxy groups -OCH3 is 2. The lowest BCUT2D eigenvalue weighted by Gasteiger charge is -2.21. The molecule has 2 aromatic carbocycles. The van der Waals surface area contributed by atoms with Gasteiger partial charge in [0.15, 0.2) is 0 Å². The van der Waals surface area contributed by atoms with Gasteiger partial charge in [-0.1, -0.05) is 41.9 Å². The second-order valence-electron chi connectivity index (χ2n) is 8.02. The number of halogens is 1. The van der Waals surface area contributed by atoms with Crippen LogP contribution in [0.5, 0.6) is 5.75 Å². The van der Waals surface area contributed by atoms with Crippen molar-refractivity contribution in [2.75, 3.05) is 51.5 Å². The van der Waals surface area contributed by atoms with Gasteiger partial charge in [-0.2, -0.15) is 0 Å². The Morgan fingerprint density at radius 2 is 1.63 bits per heavy atom. The number of nitrogens with zero attached hydrogens (tertiary/aromatic N) is 3. The van der Waals surface area contributed by atoms with Crippen LogP contribution in [0, 0.1) is 0 Å². The van der Waals surface area contributed by atoms with Gasteiger partial charge in [-0.3, -0.25) is 0 Å². The number of anilines is 2. The quantitative estimate of drug-likeness (QED) is 0.311. The molecule has 0 unspecified atom stereocenters. The summed E-state index contributed by atoms with van der Waals surface area (Å²) in [7, 11) is 3.19. The van der Waals surface area contributed by atoms with E-state index in [9.17, 15) is 0 Å². The van der Waals surface area contributed by atoms with Crippen molar-refractivity contribution in [2.45, 2.75) is 18.8 Å². The van der Waals surface area contributed by atoms with Crippen molar-refractivity contribution in [1.29, 1.82) is 0 Å². The van der Waals surface area contributed by atoms with Crippen LogP contribution in [0.1, 0.15) is 5.56 Å². The molecule has 186 valence electrons. The predicted molar refractivity (Wildman–Crippen MR) is 133 cm³/mol. The monoisotopic (exact) mass is 500 g/mol. The van der Waals surface area contributed by atoms with Crippen LogP contribution >= 0.6 is 11.6 Å². The first-order valence-electron chi connectivity index (χ1n) is 11.1. The Labute approximate surface area is 209 Å². The van der Waals surface area contributed by atoms with Crippen LogP contribution in [0.4, 0.5) is 11.6 Å². The summed E-state index contributed by atoms with van der Waals surface area (Å²) in [6, 6.07) is 17.6. The molecule has 1 aliphatic rings. The van der Waals surface area contributed by atoms with E-state index in [4.69, 9.17) is 41.0 Å². The molecule has 0 radical (unpaired) electrons. The molecule has 0 saturated carbocycles. The van der Waals surface area contributed by atoms with Gasteiger partial charge in [-0.15, -0.1) is 0 Å². The summed E-state index contributed by atoms with van der Waals surface area (Å²) in [6.07, 6.45) is -0.349. The van der Waals surface area contributed by atoms with Gasteiger partial charge in [0, 0.05) is 44.6 Å². The second-order valence-corrected chi connectivity index (χ2v) is 8.40. The number of rotatable bonds is 11. The van der Waals surface area contributed by atoms with Crippen LogP contribution in [0.2, 0.25) is 5.15 Å². The maximum Gasteiger partial charge on any atom is 0.221 e. The fourth-order valence-corrected chi connectivity index (χ4v) is 4.12. The van der Waals surface area contributed by atoms with E-state index < -0.39 is 0 Å². The standard InChI is InChI=1S/C25H29ClN4O5/c1-31-15-34-22-12-30(13-23(22)35-16-32-2)18-8-9-21(33-14-17-6-4-3-5-7-17)19(10-18)20-11-24(26)29-25(27)28-20/h3-11,22-23H,12-16H2,1-2H3,(H2,27,28,29)/t22-,23-/m0/s1. The molecule has 3 aromatic rings. The predicted octanol–water partition coefficient (Wildman–Crippen LogP) is 3.76. The van der Waals surface area contributed by atoms with E-state index in [-0.39, 0.29) is 36.9 Å². The summed E-state index contributed by atoms with van der Waals surface area (Å²) in [5.74, 6) is 0.750.